The monoisotopic (exact) mass is 267 g/mol. The molecule has 1 aromatic carbocycles. The highest BCUT2D eigenvalue weighted by molar-refractivity contribution is 5.85. The number of hydrogen-bond donors (Lipinski definition) is 2. The fraction of sp³-hybridized carbons (Fsp3) is 0.385. The molecule has 5 nitrogen and oxygen atoms in total. The van der Waals surface area contributed by atoms with Crippen LogP contribution in [0.1, 0.15) is 12.5 Å². The second-order valence-corrected chi connectivity index (χ2v) is 4.02. The summed E-state index contributed by atoms with van der Waals surface area (Å²) in [6.07, 6.45) is 0. The van der Waals surface area contributed by atoms with Crippen LogP contribution in [0.15, 0.2) is 24.3 Å². The Morgan fingerprint density at radius 3 is 2.74 bits per heavy atom. The van der Waals surface area contributed by atoms with E-state index in [4.69, 9.17) is 5.73 Å². The van der Waals surface area contributed by atoms with Gasteiger partial charge < -0.3 is 16.0 Å². The largest absolute Gasteiger partial charge is 0.346 e. The molecule has 0 saturated heterocycles. The maximum Gasteiger partial charge on any atom is 0.242 e. The Balaban J connectivity index is 2.57. The third kappa shape index (κ3) is 5.05. The zero-order valence-corrected chi connectivity index (χ0v) is 10.9. The number of benzene rings is 1. The van der Waals surface area contributed by atoms with Crippen molar-refractivity contribution in [1.29, 1.82) is 0 Å². The number of hydrogen-bond acceptors (Lipinski definition) is 3. The van der Waals surface area contributed by atoms with Gasteiger partial charge in [-0.3, -0.25) is 9.59 Å². The number of nitrogens with two attached hydrogens (primary N) is 1. The topological polar surface area (TPSA) is 75.4 Å². The Hall–Kier alpha value is -1.95. The van der Waals surface area contributed by atoms with Gasteiger partial charge in [0.25, 0.3) is 0 Å². The van der Waals surface area contributed by atoms with E-state index in [0.717, 1.165) is 0 Å². The van der Waals surface area contributed by atoms with Crippen molar-refractivity contribution in [2.75, 3.05) is 19.6 Å². The first-order valence-corrected chi connectivity index (χ1v) is 6.05. The number of likely N-dealkylation sites (N-methyl/N-ethyl adjacent to an activating group) is 1. The maximum absolute atomic E-state index is 13.0. The number of amides is 2. The highest BCUT2D eigenvalue weighted by Crippen LogP contribution is 2.07. The summed E-state index contributed by atoms with van der Waals surface area (Å²) in [5.74, 6) is -0.943. The molecule has 0 aromatic heterocycles. The first kappa shape index (κ1) is 15.1. The number of nitrogens with zero attached hydrogens (tertiary/aromatic N) is 1. The molecule has 0 unspecified atom stereocenters. The van der Waals surface area contributed by atoms with E-state index in [1.165, 1.54) is 17.0 Å². The van der Waals surface area contributed by atoms with Gasteiger partial charge in [-0.1, -0.05) is 12.1 Å². The van der Waals surface area contributed by atoms with Gasteiger partial charge in [-0.05, 0) is 24.6 Å². The Kier molecular flexibility index (Phi) is 5.95. The molecular weight excluding hydrogens is 249 g/mol. The van der Waals surface area contributed by atoms with Crippen LogP contribution in [0.5, 0.6) is 0 Å². The lowest BCUT2D eigenvalue weighted by Crippen LogP contribution is -2.41. The molecule has 2 amide bonds. The van der Waals surface area contributed by atoms with Crippen LogP contribution in [-0.2, 0) is 16.1 Å². The van der Waals surface area contributed by atoms with Crippen LogP contribution in [-0.4, -0.2) is 36.3 Å². The smallest absolute Gasteiger partial charge is 0.242 e. The minimum Gasteiger partial charge on any atom is -0.346 e. The number of nitrogens with one attached hydrogen (secondary N) is 1. The number of rotatable bonds is 6. The van der Waals surface area contributed by atoms with Crippen LogP contribution in [0.4, 0.5) is 4.39 Å². The number of halogens is 1. The van der Waals surface area contributed by atoms with Crippen molar-refractivity contribution < 1.29 is 14.0 Å². The SMILES string of the molecule is CCN(Cc1cccc(F)c1)C(=O)CNC(=O)CN. The van der Waals surface area contributed by atoms with Crippen molar-refractivity contribution in [2.24, 2.45) is 5.73 Å². The second-order valence-electron chi connectivity index (χ2n) is 4.02. The van der Waals surface area contributed by atoms with E-state index in [1.54, 1.807) is 12.1 Å². The molecule has 0 bridgehead atoms. The average Bonchev–Trinajstić information content (AvgIpc) is 2.41. The van der Waals surface area contributed by atoms with Gasteiger partial charge in [0.2, 0.25) is 11.8 Å². The molecule has 6 heteroatoms. The van der Waals surface area contributed by atoms with E-state index >= 15 is 0 Å². The minimum atomic E-state index is -0.379. The van der Waals surface area contributed by atoms with Crippen molar-refractivity contribution >= 4 is 11.8 Å². The van der Waals surface area contributed by atoms with Gasteiger partial charge >= 0.3 is 0 Å². The molecule has 0 radical (unpaired) electrons. The molecule has 0 saturated carbocycles. The predicted molar refractivity (Wildman–Crippen MR) is 69.6 cm³/mol. The molecule has 0 spiro atoms. The van der Waals surface area contributed by atoms with E-state index in [1.807, 2.05) is 6.92 Å². The zero-order chi connectivity index (χ0) is 14.3. The van der Waals surface area contributed by atoms with Gasteiger partial charge in [0.15, 0.2) is 0 Å². The standard InChI is InChI=1S/C13H18FN3O2/c1-2-17(13(19)8-16-12(18)7-15)9-10-4-3-5-11(14)6-10/h3-6H,2,7-9,15H2,1H3,(H,16,18). The molecule has 1 rings (SSSR count). The van der Waals surface area contributed by atoms with Crippen LogP contribution in [0.25, 0.3) is 0 Å². The quantitative estimate of drug-likeness (QED) is 0.775. The van der Waals surface area contributed by atoms with Gasteiger partial charge in [0, 0.05) is 13.1 Å². The van der Waals surface area contributed by atoms with E-state index in [2.05, 4.69) is 5.32 Å². The summed E-state index contributed by atoms with van der Waals surface area (Å²) < 4.78 is 13.0. The van der Waals surface area contributed by atoms with Crippen molar-refractivity contribution in [3.63, 3.8) is 0 Å². The molecule has 104 valence electrons. The lowest BCUT2D eigenvalue weighted by Gasteiger charge is -2.21. The first-order valence-electron chi connectivity index (χ1n) is 6.05. The van der Waals surface area contributed by atoms with Crippen molar-refractivity contribution in [3.8, 4) is 0 Å². The summed E-state index contributed by atoms with van der Waals surface area (Å²) in [7, 11) is 0. The van der Waals surface area contributed by atoms with Gasteiger partial charge in [0.05, 0.1) is 13.1 Å². The normalized spacial score (nSPS) is 10.1. The number of carbonyl (C=O) groups is 2. The Morgan fingerprint density at radius 1 is 1.42 bits per heavy atom. The van der Waals surface area contributed by atoms with Gasteiger partial charge in [0.1, 0.15) is 5.82 Å². The molecule has 19 heavy (non-hydrogen) atoms. The predicted octanol–water partition coefficient (Wildman–Crippen LogP) is 0.249. The van der Waals surface area contributed by atoms with E-state index in [0.29, 0.717) is 18.7 Å². The third-order valence-corrected chi connectivity index (χ3v) is 2.62. The third-order valence-electron chi connectivity index (χ3n) is 2.62. The van der Waals surface area contributed by atoms with E-state index in [9.17, 15) is 14.0 Å². The molecule has 1 aromatic rings. The van der Waals surface area contributed by atoms with Crippen molar-refractivity contribution in [1.82, 2.24) is 10.2 Å². The second kappa shape index (κ2) is 7.48. The van der Waals surface area contributed by atoms with Gasteiger partial charge in [-0.15, -0.1) is 0 Å². The molecule has 0 fully saturated rings. The van der Waals surface area contributed by atoms with E-state index < -0.39 is 0 Å². The Bertz CT molecular complexity index is 451. The van der Waals surface area contributed by atoms with Crippen molar-refractivity contribution in [2.45, 2.75) is 13.5 Å². The molecule has 0 aliphatic rings. The van der Waals surface area contributed by atoms with Crippen LogP contribution in [0.2, 0.25) is 0 Å². The fourth-order valence-corrected chi connectivity index (χ4v) is 1.59. The van der Waals surface area contributed by atoms with Gasteiger partial charge in [-0.25, -0.2) is 4.39 Å². The Morgan fingerprint density at radius 2 is 2.16 bits per heavy atom. The summed E-state index contributed by atoms with van der Waals surface area (Å²) >= 11 is 0. The molecule has 0 aliphatic carbocycles. The first-order chi connectivity index (χ1) is 9.06. The highest BCUT2D eigenvalue weighted by atomic mass is 19.1. The lowest BCUT2D eigenvalue weighted by atomic mass is 10.2. The van der Waals surface area contributed by atoms with Crippen LogP contribution in [0.3, 0.4) is 0 Å². The maximum atomic E-state index is 13.0. The van der Waals surface area contributed by atoms with Crippen LogP contribution >= 0.6 is 0 Å². The molecule has 3 N–H and O–H groups in total. The summed E-state index contributed by atoms with van der Waals surface area (Å²) in [6.45, 7) is 2.36. The zero-order valence-electron chi connectivity index (χ0n) is 10.9. The van der Waals surface area contributed by atoms with Crippen molar-refractivity contribution in [3.05, 3.63) is 35.6 Å². The summed E-state index contributed by atoms with van der Waals surface area (Å²) in [4.78, 5) is 24.4. The average molecular weight is 267 g/mol. The van der Waals surface area contributed by atoms with E-state index in [-0.39, 0.29) is 30.7 Å². The molecular formula is C13H18FN3O2. The molecule has 0 heterocycles. The summed E-state index contributed by atoms with van der Waals surface area (Å²) in [5, 5.41) is 2.41. The summed E-state index contributed by atoms with van der Waals surface area (Å²) in [5.41, 5.74) is 5.84. The summed E-state index contributed by atoms with van der Waals surface area (Å²) in [6, 6.07) is 6.08. The van der Waals surface area contributed by atoms with Crippen LogP contribution in [0, 0.1) is 5.82 Å². The molecule has 0 aliphatic heterocycles. The van der Waals surface area contributed by atoms with Crippen LogP contribution < -0.4 is 11.1 Å². The van der Waals surface area contributed by atoms with Gasteiger partial charge in [-0.2, -0.15) is 0 Å². The number of carbonyl (C=O) groups excluding carboxylic acids is 2. The Labute approximate surface area is 111 Å². The lowest BCUT2D eigenvalue weighted by molar-refractivity contribution is -0.132. The highest BCUT2D eigenvalue weighted by Gasteiger charge is 2.13. The fourth-order valence-electron chi connectivity index (χ4n) is 1.59. The minimum absolute atomic E-state index is 0.0980. The molecule has 0 atom stereocenters.